The van der Waals surface area contributed by atoms with Gasteiger partial charge in [0.1, 0.15) is 5.82 Å². The summed E-state index contributed by atoms with van der Waals surface area (Å²) in [6.45, 7) is 1.14. The Morgan fingerprint density at radius 3 is 3.06 bits per heavy atom. The van der Waals surface area contributed by atoms with E-state index < -0.39 is 0 Å². The second-order valence-corrected chi connectivity index (χ2v) is 4.15. The van der Waals surface area contributed by atoms with Crippen LogP contribution >= 0.6 is 15.9 Å². The van der Waals surface area contributed by atoms with Gasteiger partial charge in [-0.2, -0.15) is 0 Å². The van der Waals surface area contributed by atoms with Crippen LogP contribution in [0.1, 0.15) is 0 Å². The van der Waals surface area contributed by atoms with Gasteiger partial charge in [0.25, 0.3) is 0 Å². The topological polar surface area (TPSA) is 89.3 Å². The van der Waals surface area contributed by atoms with E-state index in [1.54, 1.807) is 13.2 Å². The molecule has 1 rings (SSSR count). The van der Waals surface area contributed by atoms with Gasteiger partial charge in [-0.1, -0.05) is 0 Å². The molecule has 1 aromatic rings. The largest absolute Gasteiger partial charge is 0.397 e. The Balaban J connectivity index is 2.37. The maximum Gasteiger partial charge on any atom is 0.239 e. The number of ether oxygens (including phenoxy) is 1. The number of hydrogen-bond donors (Lipinski definition) is 3. The fourth-order valence-corrected chi connectivity index (χ4v) is 1.61. The molecule has 0 saturated heterocycles. The van der Waals surface area contributed by atoms with Gasteiger partial charge in [0.05, 0.1) is 29.5 Å². The monoisotopic (exact) mass is 302 g/mol. The van der Waals surface area contributed by atoms with Crippen molar-refractivity contribution in [1.29, 1.82) is 0 Å². The van der Waals surface area contributed by atoms with Gasteiger partial charge in [-0.25, -0.2) is 4.98 Å². The Morgan fingerprint density at radius 1 is 1.65 bits per heavy atom. The average molecular weight is 303 g/mol. The van der Waals surface area contributed by atoms with E-state index in [2.05, 4.69) is 31.5 Å². The maximum absolute atomic E-state index is 11.4. The first-order valence-electron chi connectivity index (χ1n) is 5.04. The summed E-state index contributed by atoms with van der Waals surface area (Å²) in [6.07, 6.45) is 1.52. The van der Waals surface area contributed by atoms with Gasteiger partial charge in [-0.3, -0.25) is 4.79 Å². The third-order valence-corrected chi connectivity index (χ3v) is 2.51. The lowest BCUT2D eigenvalue weighted by atomic mass is 10.4. The fourth-order valence-electron chi connectivity index (χ4n) is 1.10. The zero-order chi connectivity index (χ0) is 12.7. The van der Waals surface area contributed by atoms with Crippen LogP contribution in [0.3, 0.4) is 0 Å². The molecule has 94 valence electrons. The van der Waals surface area contributed by atoms with Crippen molar-refractivity contribution in [1.82, 2.24) is 10.3 Å². The molecule has 0 aliphatic rings. The lowest BCUT2D eigenvalue weighted by Crippen LogP contribution is -2.32. The molecule has 0 aromatic carbocycles. The molecule has 0 spiro atoms. The van der Waals surface area contributed by atoms with Crippen LogP contribution in [0.2, 0.25) is 0 Å². The zero-order valence-electron chi connectivity index (χ0n) is 9.50. The van der Waals surface area contributed by atoms with E-state index in [1.165, 1.54) is 6.20 Å². The van der Waals surface area contributed by atoms with Crippen LogP contribution in [0.25, 0.3) is 0 Å². The summed E-state index contributed by atoms with van der Waals surface area (Å²) in [4.78, 5) is 15.4. The van der Waals surface area contributed by atoms with Gasteiger partial charge in [0, 0.05) is 13.7 Å². The summed E-state index contributed by atoms with van der Waals surface area (Å²) in [6, 6.07) is 1.72. The number of pyridine rings is 1. The Kier molecular flexibility index (Phi) is 5.71. The lowest BCUT2D eigenvalue weighted by Gasteiger charge is -2.08. The van der Waals surface area contributed by atoms with E-state index >= 15 is 0 Å². The highest BCUT2D eigenvalue weighted by Crippen LogP contribution is 2.21. The number of methoxy groups -OCH3 is 1. The number of amides is 1. The highest BCUT2D eigenvalue weighted by atomic mass is 79.9. The molecule has 0 radical (unpaired) electrons. The predicted molar refractivity (Wildman–Crippen MR) is 69.7 cm³/mol. The van der Waals surface area contributed by atoms with Crippen molar-refractivity contribution in [2.75, 3.05) is 37.9 Å². The number of hydrogen-bond acceptors (Lipinski definition) is 5. The summed E-state index contributed by atoms with van der Waals surface area (Å²) in [5, 5.41) is 5.59. The minimum atomic E-state index is -0.118. The van der Waals surface area contributed by atoms with Gasteiger partial charge in [-0.05, 0) is 22.0 Å². The van der Waals surface area contributed by atoms with E-state index in [4.69, 9.17) is 10.5 Å². The number of nitrogen functional groups attached to an aromatic ring is 1. The fraction of sp³-hybridized carbons (Fsp3) is 0.400. The van der Waals surface area contributed by atoms with Gasteiger partial charge in [0.2, 0.25) is 5.91 Å². The van der Waals surface area contributed by atoms with Gasteiger partial charge >= 0.3 is 0 Å². The summed E-state index contributed by atoms with van der Waals surface area (Å²) >= 11 is 3.30. The minimum Gasteiger partial charge on any atom is -0.397 e. The minimum absolute atomic E-state index is 0.118. The number of nitrogens with zero attached hydrogens (tertiary/aromatic N) is 1. The second-order valence-electron chi connectivity index (χ2n) is 3.30. The second kappa shape index (κ2) is 7.08. The van der Waals surface area contributed by atoms with Crippen LogP contribution in [0.4, 0.5) is 11.5 Å². The molecule has 0 aliphatic carbocycles. The summed E-state index contributed by atoms with van der Waals surface area (Å²) < 4.78 is 5.54. The molecule has 0 fully saturated rings. The number of carbonyl (C=O) groups is 1. The Bertz CT molecular complexity index is 387. The zero-order valence-corrected chi connectivity index (χ0v) is 11.1. The van der Waals surface area contributed by atoms with Crippen molar-refractivity contribution in [2.24, 2.45) is 0 Å². The van der Waals surface area contributed by atoms with Crippen molar-refractivity contribution in [2.45, 2.75) is 0 Å². The molecule has 1 amide bonds. The van der Waals surface area contributed by atoms with Crippen molar-refractivity contribution < 1.29 is 9.53 Å². The highest BCUT2D eigenvalue weighted by molar-refractivity contribution is 9.10. The van der Waals surface area contributed by atoms with Crippen LogP contribution in [-0.4, -0.2) is 37.7 Å². The first kappa shape index (κ1) is 13.7. The number of aromatic nitrogens is 1. The quantitative estimate of drug-likeness (QED) is 0.670. The Hall–Kier alpha value is -1.34. The maximum atomic E-state index is 11.4. The molecule has 4 N–H and O–H groups in total. The van der Waals surface area contributed by atoms with Crippen LogP contribution in [-0.2, 0) is 9.53 Å². The molecular formula is C10H15BrN4O2. The van der Waals surface area contributed by atoms with E-state index in [0.29, 0.717) is 24.7 Å². The summed E-state index contributed by atoms with van der Waals surface area (Å²) in [5.74, 6) is 0.466. The lowest BCUT2D eigenvalue weighted by molar-refractivity contribution is -0.119. The van der Waals surface area contributed by atoms with Crippen molar-refractivity contribution in [3.05, 3.63) is 16.7 Å². The van der Waals surface area contributed by atoms with Crippen molar-refractivity contribution in [3.8, 4) is 0 Å². The average Bonchev–Trinajstić information content (AvgIpc) is 2.28. The van der Waals surface area contributed by atoms with E-state index in [1.807, 2.05) is 0 Å². The molecule has 7 heteroatoms. The summed E-state index contributed by atoms with van der Waals surface area (Å²) in [5.41, 5.74) is 6.11. The predicted octanol–water partition coefficient (Wildman–Crippen LogP) is 0.601. The van der Waals surface area contributed by atoms with Crippen LogP contribution in [0.15, 0.2) is 16.7 Å². The van der Waals surface area contributed by atoms with Gasteiger partial charge in [-0.15, -0.1) is 0 Å². The number of nitrogens with one attached hydrogen (secondary N) is 2. The van der Waals surface area contributed by atoms with Crippen LogP contribution in [0, 0.1) is 0 Å². The Morgan fingerprint density at radius 2 is 2.41 bits per heavy atom. The van der Waals surface area contributed by atoms with Crippen LogP contribution in [0.5, 0.6) is 0 Å². The molecule has 0 bridgehead atoms. The molecule has 1 heterocycles. The normalized spacial score (nSPS) is 10.0. The first-order chi connectivity index (χ1) is 8.13. The van der Waals surface area contributed by atoms with Crippen molar-refractivity contribution >= 4 is 33.3 Å². The van der Waals surface area contributed by atoms with Gasteiger partial charge in [0.15, 0.2) is 0 Å². The van der Waals surface area contributed by atoms with Crippen molar-refractivity contribution in [3.63, 3.8) is 0 Å². The summed E-state index contributed by atoms with van der Waals surface area (Å²) in [7, 11) is 1.58. The van der Waals surface area contributed by atoms with E-state index in [9.17, 15) is 4.79 Å². The molecule has 17 heavy (non-hydrogen) atoms. The number of anilines is 2. The molecule has 0 aliphatic heterocycles. The molecule has 0 atom stereocenters. The van der Waals surface area contributed by atoms with Crippen LogP contribution < -0.4 is 16.4 Å². The number of carbonyl (C=O) groups excluding carboxylic acids is 1. The molecule has 0 saturated carbocycles. The molecule has 0 unspecified atom stereocenters. The number of nitrogens with two attached hydrogens (primary N) is 1. The first-order valence-corrected chi connectivity index (χ1v) is 5.83. The standard InChI is InChI=1S/C10H15BrN4O2/c1-17-3-2-13-9(16)6-15-10-8(11)4-7(12)5-14-10/h4-5H,2-3,6,12H2,1H3,(H,13,16)(H,14,15). The molecular weight excluding hydrogens is 288 g/mol. The Labute approximate surface area is 108 Å². The number of halogens is 1. The van der Waals surface area contributed by atoms with E-state index in [0.717, 1.165) is 4.47 Å². The molecule has 6 nitrogen and oxygen atoms in total. The SMILES string of the molecule is COCCNC(=O)CNc1ncc(N)cc1Br. The highest BCUT2D eigenvalue weighted by Gasteiger charge is 2.04. The third-order valence-electron chi connectivity index (χ3n) is 1.91. The smallest absolute Gasteiger partial charge is 0.239 e. The van der Waals surface area contributed by atoms with Gasteiger partial charge < -0.3 is 21.1 Å². The third kappa shape index (κ3) is 5.01. The van der Waals surface area contributed by atoms with E-state index in [-0.39, 0.29) is 12.5 Å². The molecule has 1 aromatic heterocycles. The number of rotatable bonds is 6.